The molecule has 1 aliphatic heterocycles. The third-order valence-electron chi connectivity index (χ3n) is 3.45. The molecular weight excluding hydrogens is 242 g/mol. The summed E-state index contributed by atoms with van der Waals surface area (Å²) in [7, 11) is 2.15. The zero-order valence-electron chi connectivity index (χ0n) is 11.3. The quantitative estimate of drug-likeness (QED) is 0.355. The molecule has 0 bridgehead atoms. The summed E-state index contributed by atoms with van der Waals surface area (Å²) < 4.78 is 0. The summed E-state index contributed by atoms with van der Waals surface area (Å²) >= 11 is 0. The van der Waals surface area contributed by atoms with Gasteiger partial charge in [0.15, 0.2) is 5.84 Å². The second-order valence-corrected chi connectivity index (χ2v) is 4.93. The first-order valence-corrected chi connectivity index (χ1v) is 6.53. The van der Waals surface area contributed by atoms with Crippen LogP contribution in [0.5, 0.6) is 0 Å². The highest BCUT2D eigenvalue weighted by Crippen LogP contribution is 2.11. The van der Waals surface area contributed by atoms with Crippen LogP contribution in [0.25, 0.3) is 0 Å². The molecule has 0 radical (unpaired) electrons. The number of hydrogen-bond acceptors (Lipinski definition) is 5. The van der Waals surface area contributed by atoms with Gasteiger partial charge in [0.25, 0.3) is 0 Å². The van der Waals surface area contributed by atoms with Crippen molar-refractivity contribution in [2.45, 2.75) is 13.0 Å². The number of hydrogen-bond donors (Lipinski definition) is 2. The number of likely N-dealkylation sites (N-methyl/N-ethyl adjacent to an activating group) is 1. The maximum absolute atomic E-state index is 8.80. The molecule has 1 aliphatic rings. The first-order valence-electron chi connectivity index (χ1n) is 6.53. The first kappa shape index (κ1) is 13.8. The highest BCUT2D eigenvalue weighted by atomic mass is 16.4. The van der Waals surface area contributed by atoms with E-state index in [-0.39, 0.29) is 5.84 Å². The summed E-state index contributed by atoms with van der Waals surface area (Å²) in [5.74, 6) is 0.0718. The SMILES string of the molecule is CN1CCCN(Cc2cccnc2C(N)=NO)CC1. The Bertz CT molecular complexity index is 448. The Hall–Kier alpha value is -1.66. The van der Waals surface area contributed by atoms with Crippen molar-refractivity contribution in [2.75, 3.05) is 33.2 Å². The maximum Gasteiger partial charge on any atom is 0.189 e. The molecule has 6 nitrogen and oxygen atoms in total. The number of aromatic nitrogens is 1. The molecule has 104 valence electrons. The van der Waals surface area contributed by atoms with Crippen molar-refractivity contribution >= 4 is 5.84 Å². The van der Waals surface area contributed by atoms with Crippen LogP contribution >= 0.6 is 0 Å². The van der Waals surface area contributed by atoms with Gasteiger partial charge in [-0.25, -0.2) is 0 Å². The van der Waals surface area contributed by atoms with Gasteiger partial charge >= 0.3 is 0 Å². The van der Waals surface area contributed by atoms with Crippen LogP contribution in [0.3, 0.4) is 0 Å². The Morgan fingerprint density at radius 3 is 3.05 bits per heavy atom. The van der Waals surface area contributed by atoms with E-state index >= 15 is 0 Å². The van der Waals surface area contributed by atoms with Crippen LogP contribution in [-0.2, 0) is 6.54 Å². The molecule has 6 heteroatoms. The van der Waals surface area contributed by atoms with Gasteiger partial charge in [-0.3, -0.25) is 9.88 Å². The van der Waals surface area contributed by atoms with Gasteiger partial charge in [0.1, 0.15) is 5.69 Å². The second kappa shape index (κ2) is 6.49. The minimum atomic E-state index is 0.0718. The van der Waals surface area contributed by atoms with Gasteiger partial charge in [-0.2, -0.15) is 0 Å². The molecular formula is C13H21N5O. The Morgan fingerprint density at radius 2 is 2.26 bits per heavy atom. The van der Waals surface area contributed by atoms with Gasteiger partial charge in [-0.1, -0.05) is 11.2 Å². The summed E-state index contributed by atoms with van der Waals surface area (Å²) in [6, 6.07) is 3.86. The predicted octanol–water partition coefficient (Wildman–Crippen LogP) is 0.314. The number of rotatable bonds is 3. The molecule has 1 aromatic heterocycles. The predicted molar refractivity (Wildman–Crippen MR) is 74.1 cm³/mol. The number of amidine groups is 1. The first-order chi connectivity index (χ1) is 9.20. The summed E-state index contributed by atoms with van der Waals surface area (Å²) in [6.45, 7) is 5.08. The standard InChI is InChI=1S/C13H21N5O/c1-17-6-3-7-18(9-8-17)10-11-4-2-5-15-12(11)13(14)16-19/h2,4-5,19H,3,6-10H2,1H3,(H2,14,16). The number of oxime groups is 1. The van der Waals surface area contributed by atoms with Gasteiger partial charge < -0.3 is 15.8 Å². The van der Waals surface area contributed by atoms with Crippen LogP contribution in [0.15, 0.2) is 23.5 Å². The van der Waals surface area contributed by atoms with E-state index in [9.17, 15) is 0 Å². The fourth-order valence-electron chi connectivity index (χ4n) is 2.34. The van der Waals surface area contributed by atoms with Gasteiger partial charge in [-0.05, 0) is 38.2 Å². The van der Waals surface area contributed by atoms with Crippen molar-refractivity contribution in [3.63, 3.8) is 0 Å². The lowest BCUT2D eigenvalue weighted by Crippen LogP contribution is -2.30. The number of pyridine rings is 1. The minimum Gasteiger partial charge on any atom is -0.409 e. The molecule has 0 aliphatic carbocycles. The van der Waals surface area contributed by atoms with Crippen molar-refractivity contribution in [1.29, 1.82) is 0 Å². The fraction of sp³-hybridized carbons (Fsp3) is 0.538. The highest BCUT2D eigenvalue weighted by Gasteiger charge is 2.15. The van der Waals surface area contributed by atoms with Crippen LogP contribution in [0, 0.1) is 0 Å². The molecule has 0 spiro atoms. The van der Waals surface area contributed by atoms with Crippen molar-refractivity contribution in [3.8, 4) is 0 Å². The summed E-state index contributed by atoms with van der Waals surface area (Å²) in [4.78, 5) is 8.93. The lowest BCUT2D eigenvalue weighted by Gasteiger charge is -2.21. The molecule has 0 aromatic carbocycles. The van der Waals surface area contributed by atoms with Crippen LogP contribution in [0.4, 0.5) is 0 Å². The summed E-state index contributed by atoms with van der Waals surface area (Å²) in [5.41, 5.74) is 7.24. The molecule has 1 aromatic rings. The largest absolute Gasteiger partial charge is 0.409 e. The van der Waals surface area contributed by atoms with Crippen molar-refractivity contribution in [1.82, 2.24) is 14.8 Å². The summed E-state index contributed by atoms with van der Waals surface area (Å²) in [6.07, 6.45) is 2.82. The molecule has 0 unspecified atom stereocenters. The lowest BCUT2D eigenvalue weighted by molar-refractivity contribution is 0.269. The van der Waals surface area contributed by atoms with E-state index in [4.69, 9.17) is 10.9 Å². The van der Waals surface area contributed by atoms with Crippen LogP contribution < -0.4 is 5.73 Å². The van der Waals surface area contributed by atoms with E-state index in [1.807, 2.05) is 12.1 Å². The zero-order valence-corrected chi connectivity index (χ0v) is 11.3. The van der Waals surface area contributed by atoms with Crippen molar-refractivity contribution < 1.29 is 5.21 Å². The molecule has 1 saturated heterocycles. The number of nitrogens with zero attached hydrogens (tertiary/aromatic N) is 4. The fourth-order valence-corrected chi connectivity index (χ4v) is 2.34. The normalized spacial score (nSPS) is 19.3. The average molecular weight is 263 g/mol. The zero-order chi connectivity index (χ0) is 13.7. The van der Waals surface area contributed by atoms with Gasteiger partial charge in [-0.15, -0.1) is 0 Å². The maximum atomic E-state index is 8.80. The molecule has 0 saturated carbocycles. The van der Waals surface area contributed by atoms with Gasteiger partial charge in [0.05, 0.1) is 0 Å². The Labute approximate surface area is 113 Å². The van der Waals surface area contributed by atoms with E-state index in [1.54, 1.807) is 6.20 Å². The molecule has 0 amide bonds. The Balaban J connectivity index is 2.10. The van der Waals surface area contributed by atoms with Crippen LogP contribution in [0.1, 0.15) is 17.7 Å². The van der Waals surface area contributed by atoms with E-state index in [2.05, 4.69) is 27.0 Å². The molecule has 1 fully saturated rings. The van der Waals surface area contributed by atoms with Crippen molar-refractivity contribution in [3.05, 3.63) is 29.6 Å². The third-order valence-corrected chi connectivity index (χ3v) is 3.45. The molecule has 2 rings (SSSR count). The summed E-state index contributed by atoms with van der Waals surface area (Å²) in [5, 5.41) is 11.8. The van der Waals surface area contributed by atoms with Crippen molar-refractivity contribution in [2.24, 2.45) is 10.9 Å². The topological polar surface area (TPSA) is 78.0 Å². The van der Waals surface area contributed by atoms with E-state index < -0.39 is 0 Å². The van der Waals surface area contributed by atoms with Crippen LogP contribution in [0.2, 0.25) is 0 Å². The minimum absolute atomic E-state index is 0.0718. The van der Waals surface area contributed by atoms with Crippen LogP contribution in [-0.4, -0.2) is 59.1 Å². The highest BCUT2D eigenvalue weighted by molar-refractivity contribution is 5.96. The lowest BCUT2D eigenvalue weighted by atomic mass is 10.1. The van der Waals surface area contributed by atoms with Gasteiger partial charge in [0.2, 0.25) is 0 Å². The number of nitrogens with two attached hydrogens (primary N) is 1. The van der Waals surface area contributed by atoms with E-state index in [1.165, 1.54) is 0 Å². The average Bonchev–Trinajstić information content (AvgIpc) is 2.63. The second-order valence-electron chi connectivity index (χ2n) is 4.93. The Morgan fingerprint density at radius 1 is 1.42 bits per heavy atom. The monoisotopic (exact) mass is 263 g/mol. The molecule has 2 heterocycles. The molecule has 0 atom stereocenters. The van der Waals surface area contributed by atoms with E-state index in [0.29, 0.717) is 5.69 Å². The third kappa shape index (κ3) is 3.65. The van der Waals surface area contributed by atoms with Gasteiger partial charge in [0, 0.05) is 25.8 Å². The molecule has 19 heavy (non-hydrogen) atoms. The smallest absolute Gasteiger partial charge is 0.189 e. The molecule has 3 N–H and O–H groups in total. The Kier molecular flexibility index (Phi) is 4.70. The van der Waals surface area contributed by atoms with E-state index in [0.717, 1.165) is 44.7 Å².